The Balaban J connectivity index is 1.59. The first-order valence-electron chi connectivity index (χ1n) is 8.64. The van der Waals surface area contributed by atoms with Gasteiger partial charge in [0.05, 0.1) is 6.10 Å². The maximum Gasteiger partial charge on any atom is 0.240 e. The molecule has 5 nitrogen and oxygen atoms in total. The van der Waals surface area contributed by atoms with E-state index in [1.54, 1.807) is 0 Å². The predicted octanol–water partition coefficient (Wildman–Crippen LogP) is 0.482. The van der Waals surface area contributed by atoms with Crippen molar-refractivity contribution >= 4 is 5.91 Å². The molecule has 120 valence electrons. The standard InChI is InChI=1S/C16H29N3O2/c20-14-12-17-8-5-13(14)11-18-15(21)16(6-1-2-7-16)19-9-3-4-10-19/h13-14,17,20H,1-12H2,(H,18,21)/t13-,14+/m0/s1. The number of piperidine rings is 1. The van der Waals surface area contributed by atoms with E-state index in [1.165, 1.54) is 25.7 Å². The van der Waals surface area contributed by atoms with E-state index in [0.717, 1.165) is 38.9 Å². The Morgan fingerprint density at radius 3 is 2.62 bits per heavy atom. The fraction of sp³-hybridized carbons (Fsp3) is 0.938. The molecule has 2 heterocycles. The van der Waals surface area contributed by atoms with Crippen LogP contribution < -0.4 is 10.6 Å². The zero-order chi connectivity index (χ0) is 14.7. The third-order valence-electron chi connectivity index (χ3n) is 5.68. The first-order chi connectivity index (χ1) is 10.2. The first kappa shape index (κ1) is 15.3. The van der Waals surface area contributed by atoms with Gasteiger partial charge in [0.2, 0.25) is 5.91 Å². The van der Waals surface area contributed by atoms with Crippen molar-refractivity contribution < 1.29 is 9.90 Å². The van der Waals surface area contributed by atoms with E-state index in [2.05, 4.69) is 15.5 Å². The van der Waals surface area contributed by atoms with Gasteiger partial charge >= 0.3 is 0 Å². The van der Waals surface area contributed by atoms with E-state index in [0.29, 0.717) is 13.1 Å². The van der Waals surface area contributed by atoms with E-state index in [-0.39, 0.29) is 23.5 Å². The number of hydrogen-bond acceptors (Lipinski definition) is 4. The highest BCUT2D eigenvalue weighted by Crippen LogP contribution is 2.37. The van der Waals surface area contributed by atoms with Crippen molar-refractivity contribution in [1.29, 1.82) is 0 Å². The molecule has 3 N–H and O–H groups in total. The van der Waals surface area contributed by atoms with Gasteiger partial charge in [0, 0.05) is 19.0 Å². The van der Waals surface area contributed by atoms with Gasteiger partial charge in [-0.15, -0.1) is 0 Å². The van der Waals surface area contributed by atoms with E-state index in [1.807, 2.05) is 0 Å². The number of aliphatic hydroxyl groups is 1. The van der Waals surface area contributed by atoms with Crippen LogP contribution in [0.3, 0.4) is 0 Å². The van der Waals surface area contributed by atoms with Gasteiger partial charge in [0.25, 0.3) is 0 Å². The number of carbonyl (C=O) groups is 1. The normalized spacial score (nSPS) is 33.2. The molecule has 0 unspecified atom stereocenters. The zero-order valence-electron chi connectivity index (χ0n) is 12.9. The fourth-order valence-corrected chi connectivity index (χ4v) is 4.31. The maximum absolute atomic E-state index is 12.9. The minimum atomic E-state index is -0.328. The van der Waals surface area contributed by atoms with Gasteiger partial charge in [0.1, 0.15) is 5.54 Å². The van der Waals surface area contributed by atoms with Gasteiger partial charge in [-0.1, -0.05) is 12.8 Å². The second-order valence-electron chi connectivity index (χ2n) is 6.96. The monoisotopic (exact) mass is 295 g/mol. The smallest absolute Gasteiger partial charge is 0.240 e. The molecular formula is C16H29N3O2. The highest BCUT2D eigenvalue weighted by molar-refractivity contribution is 5.86. The van der Waals surface area contributed by atoms with E-state index in [9.17, 15) is 9.90 Å². The Morgan fingerprint density at radius 2 is 1.95 bits per heavy atom. The molecule has 5 heteroatoms. The highest BCUT2D eigenvalue weighted by atomic mass is 16.3. The summed E-state index contributed by atoms with van der Waals surface area (Å²) in [5.41, 5.74) is -0.242. The van der Waals surface area contributed by atoms with Crippen molar-refractivity contribution in [3.05, 3.63) is 0 Å². The Bertz CT molecular complexity index is 363. The third kappa shape index (κ3) is 3.10. The summed E-state index contributed by atoms with van der Waals surface area (Å²) in [5.74, 6) is 0.417. The van der Waals surface area contributed by atoms with E-state index in [4.69, 9.17) is 0 Å². The van der Waals surface area contributed by atoms with Gasteiger partial charge in [-0.3, -0.25) is 9.69 Å². The molecule has 2 saturated heterocycles. The summed E-state index contributed by atoms with van der Waals surface area (Å²) < 4.78 is 0. The first-order valence-corrected chi connectivity index (χ1v) is 8.64. The van der Waals surface area contributed by atoms with Crippen molar-refractivity contribution in [1.82, 2.24) is 15.5 Å². The summed E-state index contributed by atoms with van der Waals surface area (Å²) in [7, 11) is 0. The number of β-amino-alcohol motifs (C(OH)–C–C–N with tert-alkyl or cyclic N) is 1. The van der Waals surface area contributed by atoms with Crippen LogP contribution in [0.15, 0.2) is 0 Å². The molecule has 1 amide bonds. The minimum Gasteiger partial charge on any atom is -0.391 e. The van der Waals surface area contributed by atoms with Crippen molar-refractivity contribution in [2.24, 2.45) is 5.92 Å². The molecule has 3 aliphatic rings. The largest absolute Gasteiger partial charge is 0.391 e. The van der Waals surface area contributed by atoms with Gasteiger partial charge < -0.3 is 15.7 Å². The van der Waals surface area contributed by atoms with Gasteiger partial charge in [-0.05, 0) is 51.7 Å². The maximum atomic E-state index is 12.9. The molecule has 2 aliphatic heterocycles. The summed E-state index contributed by atoms with van der Waals surface area (Å²) in [6.07, 6.45) is 7.41. The second kappa shape index (κ2) is 6.63. The number of nitrogens with one attached hydrogen (secondary N) is 2. The molecule has 1 saturated carbocycles. The van der Waals surface area contributed by atoms with Crippen LogP contribution in [-0.4, -0.2) is 60.3 Å². The van der Waals surface area contributed by atoms with Crippen LogP contribution in [0.4, 0.5) is 0 Å². The summed E-state index contributed by atoms with van der Waals surface area (Å²) in [6.45, 7) is 4.36. The van der Waals surface area contributed by atoms with Gasteiger partial charge in [-0.25, -0.2) is 0 Å². The molecule has 3 fully saturated rings. The minimum absolute atomic E-state index is 0.201. The Kier molecular flexibility index (Phi) is 4.82. The molecule has 0 aromatic carbocycles. The molecule has 0 spiro atoms. The number of hydrogen-bond donors (Lipinski definition) is 3. The molecule has 0 bridgehead atoms. The Hall–Kier alpha value is -0.650. The number of aliphatic hydroxyl groups excluding tert-OH is 1. The molecule has 0 radical (unpaired) electrons. The van der Waals surface area contributed by atoms with Crippen LogP contribution in [0.1, 0.15) is 44.9 Å². The number of amides is 1. The number of carbonyl (C=O) groups excluding carboxylic acids is 1. The molecule has 0 aromatic heterocycles. The highest BCUT2D eigenvalue weighted by Gasteiger charge is 2.46. The van der Waals surface area contributed by atoms with Crippen LogP contribution >= 0.6 is 0 Å². The number of likely N-dealkylation sites (tertiary alicyclic amines) is 1. The molecule has 3 rings (SSSR count). The summed E-state index contributed by atoms with van der Waals surface area (Å²) in [5, 5.41) is 16.4. The third-order valence-corrected chi connectivity index (χ3v) is 5.68. The predicted molar refractivity (Wildman–Crippen MR) is 82.0 cm³/mol. The Morgan fingerprint density at radius 1 is 1.24 bits per heavy atom. The average Bonchev–Trinajstić information content (AvgIpc) is 3.17. The van der Waals surface area contributed by atoms with Crippen LogP contribution in [0, 0.1) is 5.92 Å². The second-order valence-corrected chi connectivity index (χ2v) is 6.96. The lowest BCUT2D eigenvalue weighted by atomic mass is 9.92. The molecule has 0 aromatic rings. The van der Waals surface area contributed by atoms with Crippen LogP contribution in [0.2, 0.25) is 0 Å². The fourth-order valence-electron chi connectivity index (χ4n) is 4.31. The molecule has 1 aliphatic carbocycles. The summed E-state index contributed by atoms with van der Waals surface area (Å²) in [6, 6.07) is 0. The lowest BCUT2D eigenvalue weighted by molar-refractivity contribution is -0.133. The van der Waals surface area contributed by atoms with E-state index < -0.39 is 0 Å². The quantitative estimate of drug-likeness (QED) is 0.706. The molecule has 21 heavy (non-hydrogen) atoms. The lowest BCUT2D eigenvalue weighted by Gasteiger charge is -2.38. The molecule has 2 atom stereocenters. The van der Waals surface area contributed by atoms with Crippen LogP contribution in [0.5, 0.6) is 0 Å². The summed E-state index contributed by atoms with van der Waals surface area (Å²) >= 11 is 0. The molecular weight excluding hydrogens is 266 g/mol. The van der Waals surface area contributed by atoms with E-state index >= 15 is 0 Å². The van der Waals surface area contributed by atoms with Crippen molar-refractivity contribution in [3.8, 4) is 0 Å². The average molecular weight is 295 g/mol. The zero-order valence-corrected chi connectivity index (χ0v) is 12.9. The number of nitrogens with zero attached hydrogens (tertiary/aromatic N) is 1. The topological polar surface area (TPSA) is 64.6 Å². The SMILES string of the molecule is O=C(NC[C@@H]1CCNC[C@H]1O)C1(N2CCCC2)CCCC1. The lowest BCUT2D eigenvalue weighted by Crippen LogP contribution is -2.57. The van der Waals surface area contributed by atoms with Crippen LogP contribution in [-0.2, 0) is 4.79 Å². The Labute approximate surface area is 127 Å². The van der Waals surface area contributed by atoms with Crippen molar-refractivity contribution in [2.75, 3.05) is 32.7 Å². The van der Waals surface area contributed by atoms with Gasteiger partial charge in [0.15, 0.2) is 0 Å². The van der Waals surface area contributed by atoms with Crippen LogP contribution in [0.25, 0.3) is 0 Å². The summed E-state index contributed by atoms with van der Waals surface area (Å²) in [4.78, 5) is 15.3. The van der Waals surface area contributed by atoms with Crippen molar-refractivity contribution in [2.45, 2.75) is 56.6 Å². The van der Waals surface area contributed by atoms with Crippen molar-refractivity contribution in [3.63, 3.8) is 0 Å². The number of rotatable bonds is 4. The van der Waals surface area contributed by atoms with Gasteiger partial charge in [-0.2, -0.15) is 0 Å².